The fourth-order valence-electron chi connectivity index (χ4n) is 5.47. The average Bonchev–Trinajstić information content (AvgIpc) is 3.50. The summed E-state index contributed by atoms with van der Waals surface area (Å²) >= 11 is 5.78. The van der Waals surface area contributed by atoms with Crippen molar-refractivity contribution in [3.05, 3.63) is 57.8 Å². The molecule has 0 bridgehead atoms. The lowest BCUT2D eigenvalue weighted by Crippen LogP contribution is -2.32. The summed E-state index contributed by atoms with van der Waals surface area (Å²) in [4.78, 5) is 16.9. The van der Waals surface area contributed by atoms with E-state index < -0.39 is 29.2 Å². The first-order valence-electron chi connectivity index (χ1n) is 11.2. The highest BCUT2D eigenvalue weighted by Crippen LogP contribution is 2.56. The largest absolute Gasteiger partial charge is 0.433 e. The number of halogens is 5. The van der Waals surface area contributed by atoms with E-state index in [-0.39, 0.29) is 64.0 Å². The monoisotopic (exact) mass is 528 g/mol. The summed E-state index contributed by atoms with van der Waals surface area (Å²) in [5.74, 6) is -1.92. The van der Waals surface area contributed by atoms with Crippen molar-refractivity contribution in [2.45, 2.75) is 37.5 Å². The van der Waals surface area contributed by atoms with E-state index in [9.17, 15) is 27.5 Å². The van der Waals surface area contributed by atoms with Gasteiger partial charge < -0.3 is 21.9 Å². The molecular formula is C23H25ClF4N6O2. The second-order valence-electron chi connectivity index (χ2n) is 9.31. The normalized spacial score (nSPS) is 27.1. The standard InChI is InChI=1S/C23H25ClF4N6O2/c1-31-20(30)17(21(35)33-13-2-3-16(25)15(24)6-13)18(29)10-4-11-7-22(36,8-12(11)5-10)14-9-32-34-19(14)23(26,27)28/h2-3,6,9-12,36H,4-5,7-8,29H2,1H3,(H2,30,31)(H,32,34)(H,33,35). The van der Waals surface area contributed by atoms with Gasteiger partial charge in [-0.3, -0.25) is 14.9 Å². The molecule has 1 aromatic heterocycles. The number of allylic oxidation sites excluding steroid dienone is 1. The fraction of sp³-hybridized carbons (Fsp3) is 0.435. The van der Waals surface area contributed by atoms with Crippen LogP contribution >= 0.6 is 11.6 Å². The lowest BCUT2D eigenvalue weighted by atomic mass is 9.86. The van der Waals surface area contributed by atoms with Crippen molar-refractivity contribution in [3.8, 4) is 0 Å². The fourth-order valence-corrected chi connectivity index (χ4v) is 5.65. The van der Waals surface area contributed by atoms with Crippen LogP contribution in [0, 0.1) is 23.6 Å². The predicted octanol–water partition coefficient (Wildman–Crippen LogP) is 3.68. The van der Waals surface area contributed by atoms with Gasteiger partial charge in [0.1, 0.15) is 22.9 Å². The van der Waals surface area contributed by atoms with Gasteiger partial charge in [-0.15, -0.1) is 0 Å². The minimum atomic E-state index is -4.66. The maximum atomic E-state index is 13.5. The van der Waals surface area contributed by atoms with Crippen molar-refractivity contribution in [1.82, 2.24) is 10.2 Å². The van der Waals surface area contributed by atoms with Crippen molar-refractivity contribution < 1.29 is 27.5 Å². The Morgan fingerprint density at radius 1 is 1.28 bits per heavy atom. The molecule has 8 nitrogen and oxygen atoms in total. The Morgan fingerprint density at radius 2 is 1.92 bits per heavy atom. The van der Waals surface area contributed by atoms with Crippen LogP contribution in [0.1, 0.15) is 36.9 Å². The van der Waals surface area contributed by atoms with Crippen LogP contribution in [0.25, 0.3) is 0 Å². The third kappa shape index (κ3) is 4.79. The van der Waals surface area contributed by atoms with Crippen molar-refractivity contribution in [2.24, 2.45) is 34.2 Å². The number of fused-ring (bicyclic) bond motifs is 1. The molecule has 2 fully saturated rings. The minimum absolute atomic E-state index is 0.0348. The molecule has 0 saturated heterocycles. The first kappa shape index (κ1) is 26.0. The summed E-state index contributed by atoms with van der Waals surface area (Å²) in [6.07, 6.45) is -2.52. The van der Waals surface area contributed by atoms with Crippen LogP contribution in [-0.2, 0) is 16.6 Å². The molecule has 2 atom stereocenters. The van der Waals surface area contributed by atoms with E-state index in [0.29, 0.717) is 12.8 Å². The summed E-state index contributed by atoms with van der Waals surface area (Å²) < 4.78 is 53.5. The Kier molecular flexibility index (Phi) is 6.78. The molecule has 2 aliphatic carbocycles. The number of aliphatic imine (C=N–C) groups is 1. The van der Waals surface area contributed by atoms with Crippen LogP contribution in [-0.4, -0.2) is 34.1 Å². The van der Waals surface area contributed by atoms with E-state index in [1.807, 2.05) is 5.10 Å². The molecule has 0 aliphatic heterocycles. The van der Waals surface area contributed by atoms with E-state index in [2.05, 4.69) is 15.4 Å². The number of hydrogen-bond donors (Lipinski definition) is 5. The van der Waals surface area contributed by atoms with Gasteiger partial charge in [0.15, 0.2) is 0 Å². The highest BCUT2D eigenvalue weighted by molar-refractivity contribution is 6.31. The second-order valence-corrected chi connectivity index (χ2v) is 9.71. The van der Waals surface area contributed by atoms with Gasteiger partial charge in [0.05, 0.1) is 16.8 Å². The van der Waals surface area contributed by atoms with E-state index in [4.69, 9.17) is 23.1 Å². The van der Waals surface area contributed by atoms with Gasteiger partial charge in [-0.25, -0.2) is 4.39 Å². The molecule has 0 spiro atoms. The molecule has 2 saturated carbocycles. The number of nitrogens with one attached hydrogen (secondary N) is 2. The Hall–Kier alpha value is -3.12. The van der Waals surface area contributed by atoms with Crippen molar-refractivity contribution in [2.75, 3.05) is 12.4 Å². The maximum absolute atomic E-state index is 13.5. The zero-order valence-electron chi connectivity index (χ0n) is 19.2. The summed E-state index contributed by atoms with van der Waals surface area (Å²) in [5, 5.41) is 19.0. The summed E-state index contributed by atoms with van der Waals surface area (Å²) in [6.45, 7) is 0. The average molecular weight is 529 g/mol. The molecule has 0 radical (unpaired) electrons. The molecule has 194 valence electrons. The Balaban J connectivity index is 1.54. The van der Waals surface area contributed by atoms with Gasteiger partial charge in [0.2, 0.25) is 0 Å². The quantitative estimate of drug-likeness (QED) is 0.174. The number of amides is 1. The van der Waals surface area contributed by atoms with Gasteiger partial charge in [-0.1, -0.05) is 11.6 Å². The predicted molar refractivity (Wildman–Crippen MR) is 125 cm³/mol. The third-order valence-electron chi connectivity index (χ3n) is 7.10. The van der Waals surface area contributed by atoms with Crippen LogP contribution in [0.5, 0.6) is 0 Å². The topological polar surface area (TPSA) is 142 Å². The highest BCUT2D eigenvalue weighted by Gasteiger charge is 2.53. The van der Waals surface area contributed by atoms with E-state index in [0.717, 1.165) is 12.3 Å². The second kappa shape index (κ2) is 9.40. The highest BCUT2D eigenvalue weighted by atomic mass is 35.5. The smallest absolute Gasteiger partial charge is 0.401 e. The van der Waals surface area contributed by atoms with Gasteiger partial charge in [-0.2, -0.15) is 18.3 Å². The van der Waals surface area contributed by atoms with E-state index in [1.54, 1.807) is 0 Å². The van der Waals surface area contributed by atoms with Crippen molar-refractivity contribution in [1.29, 1.82) is 0 Å². The summed E-state index contributed by atoms with van der Waals surface area (Å²) in [6, 6.07) is 3.68. The zero-order valence-corrected chi connectivity index (χ0v) is 19.9. The van der Waals surface area contributed by atoms with Crippen LogP contribution in [0.2, 0.25) is 5.02 Å². The summed E-state index contributed by atoms with van der Waals surface area (Å²) in [7, 11) is 1.40. The number of alkyl halides is 3. The number of anilines is 1. The lowest BCUT2D eigenvalue weighted by Gasteiger charge is -2.26. The zero-order chi connectivity index (χ0) is 26.4. The number of aromatic amines is 1. The number of hydrogen-bond acceptors (Lipinski definition) is 5. The molecule has 2 aliphatic rings. The number of amidine groups is 1. The van der Waals surface area contributed by atoms with E-state index >= 15 is 0 Å². The molecule has 1 amide bonds. The number of H-pyrrole nitrogens is 1. The van der Waals surface area contributed by atoms with Gasteiger partial charge in [-0.05, 0) is 61.6 Å². The molecule has 7 N–H and O–H groups in total. The van der Waals surface area contributed by atoms with Gasteiger partial charge in [0, 0.05) is 24.0 Å². The molecule has 1 heterocycles. The Morgan fingerprint density at radius 3 is 2.47 bits per heavy atom. The van der Waals surface area contributed by atoms with Crippen LogP contribution in [0.15, 0.2) is 40.7 Å². The number of aromatic nitrogens is 2. The number of carbonyl (C=O) groups is 1. The number of nitrogens with zero attached hydrogens (tertiary/aromatic N) is 2. The molecule has 36 heavy (non-hydrogen) atoms. The van der Waals surface area contributed by atoms with Gasteiger partial charge in [0.25, 0.3) is 5.91 Å². The first-order valence-corrected chi connectivity index (χ1v) is 11.5. The van der Waals surface area contributed by atoms with E-state index in [1.165, 1.54) is 19.2 Å². The van der Waals surface area contributed by atoms with Crippen molar-refractivity contribution >= 4 is 29.0 Å². The van der Waals surface area contributed by atoms with Crippen LogP contribution in [0.3, 0.4) is 0 Å². The number of rotatable bonds is 5. The molecule has 2 unspecified atom stereocenters. The molecule has 1 aromatic carbocycles. The minimum Gasteiger partial charge on any atom is -0.401 e. The number of nitrogens with two attached hydrogens (primary N) is 2. The first-order chi connectivity index (χ1) is 16.8. The SMILES string of the molecule is CN=C(N)C(C(=O)Nc1ccc(F)c(Cl)c1)=C(N)C1CC2CC(O)(c3cn[nH]c3C(F)(F)F)CC2C1. The summed E-state index contributed by atoms with van der Waals surface area (Å²) in [5.41, 5.74) is 9.80. The molecule has 2 aromatic rings. The van der Waals surface area contributed by atoms with Crippen LogP contribution in [0.4, 0.5) is 23.2 Å². The lowest BCUT2D eigenvalue weighted by molar-refractivity contribution is -0.144. The molecule has 4 rings (SSSR count). The van der Waals surface area contributed by atoms with Crippen molar-refractivity contribution in [3.63, 3.8) is 0 Å². The number of benzene rings is 1. The van der Waals surface area contributed by atoms with Crippen LogP contribution < -0.4 is 16.8 Å². The third-order valence-corrected chi connectivity index (χ3v) is 7.38. The maximum Gasteiger partial charge on any atom is 0.433 e. The Labute approximate surface area is 208 Å². The molecular weight excluding hydrogens is 504 g/mol. The molecule has 13 heteroatoms. The van der Waals surface area contributed by atoms with Gasteiger partial charge >= 0.3 is 6.18 Å². The number of carbonyl (C=O) groups excluding carboxylic acids is 1. The number of aliphatic hydroxyl groups is 1. The Bertz CT molecular complexity index is 1230.